The van der Waals surface area contributed by atoms with E-state index in [-0.39, 0.29) is 18.0 Å². The van der Waals surface area contributed by atoms with Crippen LogP contribution in [0.15, 0.2) is 48.8 Å². The van der Waals surface area contributed by atoms with Gasteiger partial charge in [0, 0.05) is 48.8 Å². The Morgan fingerprint density at radius 1 is 1.04 bits per heavy atom. The number of fused-ring (bicyclic) bond motifs is 2. The van der Waals surface area contributed by atoms with Gasteiger partial charge in [0.1, 0.15) is 5.75 Å². The highest BCUT2D eigenvalue weighted by atomic mass is 16.5. The predicted octanol–water partition coefficient (Wildman–Crippen LogP) is 2.58. The van der Waals surface area contributed by atoms with Crippen LogP contribution in [0.4, 0.5) is 5.69 Å². The average Bonchev–Trinajstić information content (AvgIpc) is 2.91. The minimum absolute atomic E-state index is 0.138. The minimum Gasteiger partial charge on any atom is -0.497 e. The molecule has 2 atom stereocenters. The molecule has 2 unspecified atom stereocenters. The van der Waals surface area contributed by atoms with Gasteiger partial charge in [-0.1, -0.05) is 0 Å². The van der Waals surface area contributed by atoms with E-state index in [1.54, 1.807) is 31.6 Å². The van der Waals surface area contributed by atoms with Crippen molar-refractivity contribution in [3.8, 4) is 5.75 Å². The van der Waals surface area contributed by atoms with E-state index in [0.29, 0.717) is 0 Å². The molecule has 5 heteroatoms. The molecule has 1 aromatic heterocycles. The molecule has 3 heterocycles. The molecule has 124 valence electrons. The zero-order valence-electron chi connectivity index (χ0n) is 13.8. The third-order valence-electron chi connectivity index (χ3n) is 5.08. The molecule has 2 aliphatic rings. The number of benzene rings is 1. The number of hydrogen-bond acceptors (Lipinski definition) is 4. The number of carbonyl (C=O) groups excluding carboxylic acids is 1. The molecule has 2 fully saturated rings. The molecular weight excluding hydrogens is 302 g/mol. The highest BCUT2D eigenvalue weighted by Crippen LogP contribution is 2.34. The lowest BCUT2D eigenvalue weighted by atomic mass is 10.1. The van der Waals surface area contributed by atoms with Crippen LogP contribution in [-0.2, 0) is 0 Å². The number of piperazine rings is 1. The van der Waals surface area contributed by atoms with E-state index < -0.39 is 0 Å². The quantitative estimate of drug-likeness (QED) is 0.871. The van der Waals surface area contributed by atoms with Gasteiger partial charge in [0.25, 0.3) is 5.91 Å². The Bertz CT molecular complexity index is 703. The fraction of sp³-hybridized carbons (Fsp3) is 0.368. The van der Waals surface area contributed by atoms with Gasteiger partial charge in [-0.2, -0.15) is 0 Å². The van der Waals surface area contributed by atoms with Crippen molar-refractivity contribution < 1.29 is 9.53 Å². The fourth-order valence-electron chi connectivity index (χ4n) is 3.88. The van der Waals surface area contributed by atoms with Crippen molar-refractivity contribution in [2.24, 2.45) is 0 Å². The third-order valence-corrected chi connectivity index (χ3v) is 5.08. The van der Waals surface area contributed by atoms with Gasteiger partial charge >= 0.3 is 0 Å². The van der Waals surface area contributed by atoms with Crippen LogP contribution in [0.25, 0.3) is 0 Å². The molecule has 4 rings (SSSR count). The summed E-state index contributed by atoms with van der Waals surface area (Å²) in [5.74, 6) is 1.01. The average molecular weight is 323 g/mol. The van der Waals surface area contributed by atoms with Gasteiger partial charge in [0.15, 0.2) is 0 Å². The topological polar surface area (TPSA) is 45.7 Å². The Labute approximate surface area is 141 Å². The normalized spacial score (nSPS) is 22.5. The maximum atomic E-state index is 12.9. The summed E-state index contributed by atoms with van der Waals surface area (Å²) in [6.07, 6.45) is 5.52. The largest absolute Gasteiger partial charge is 0.497 e. The summed E-state index contributed by atoms with van der Waals surface area (Å²) in [5, 5.41) is 0. The Morgan fingerprint density at radius 3 is 2.25 bits per heavy atom. The molecule has 24 heavy (non-hydrogen) atoms. The molecule has 2 aromatic rings. The maximum absolute atomic E-state index is 12.9. The van der Waals surface area contributed by atoms with E-state index >= 15 is 0 Å². The molecule has 0 aliphatic carbocycles. The van der Waals surface area contributed by atoms with Gasteiger partial charge in [-0.3, -0.25) is 9.78 Å². The number of nitrogens with zero attached hydrogens (tertiary/aromatic N) is 3. The summed E-state index contributed by atoms with van der Waals surface area (Å²) >= 11 is 0. The van der Waals surface area contributed by atoms with Crippen LogP contribution in [-0.4, -0.2) is 48.1 Å². The molecule has 2 bridgehead atoms. The minimum atomic E-state index is 0.138. The van der Waals surface area contributed by atoms with E-state index in [4.69, 9.17) is 4.74 Å². The molecule has 0 spiro atoms. The first kappa shape index (κ1) is 15.0. The molecule has 5 nitrogen and oxygen atoms in total. The van der Waals surface area contributed by atoms with Crippen LogP contribution in [0, 0.1) is 0 Å². The van der Waals surface area contributed by atoms with Gasteiger partial charge in [0.05, 0.1) is 7.11 Å². The second-order valence-corrected chi connectivity index (χ2v) is 6.44. The first-order chi connectivity index (χ1) is 11.8. The lowest BCUT2D eigenvalue weighted by Gasteiger charge is -2.42. The number of methoxy groups -OCH3 is 1. The first-order valence-corrected chi connectivity index (χ1v) is 8.38. The van der Waals surface area contributed by atoms with Gasteiger partial charge < -0.3 is 14.5 Å². The van der Waals surface area contributed by atoms with E-state index in [0.717, 1.165) is 37.2 Å². The first-order valence-electron chi connectivity index (χ1n) is 8.38. The number of amides is 1. The van der Waals surface area contributed by atoms with Crippen molar-refractivity contribution in [2.45, 2.75) is 24.9 Å². The van der Waals surface area contributed by atoms with Crippen molar-refractivity contribution in [1.29, 1.82) is 0 Å². The number of rotatable bonds is 3. The van der Waals surface area contributed by atoms with E-state index in [1.807, 2.05) is 12.1 Å². The Balaban J connectivity index is 1.52. The van der Waals surface area contributed by atoms with E-state index in [2.05, 4.69) is 26.9 Å². The van der Waals surface area contributed by atoms with Crippen LogP contribution >= 0.6 is 0 Å². The molecule has 1 aromatic carbocycles. The predicted molar refractivity (Wildman–Crippen MR) is 92.4 cm³/mol. The number of hydrogen-bond donors (Lipinski definition) is 0. The smallest absolute Gasteiger partial charge is 0.254 e. The van der Waals surface area contributed by atoms with Gasteiger partial charge in [-0.15, -0.1) is 0 Å². The van der Waals surface area contributed by atoms with Crippen molar-refractivity contribution in [1.82, 2.24) is 9.88 Å². The maximum Gasteiger partial charge on any atom is 0.254 e. The van der Waals surface area contributed by atoms with Gasteiger partial charge in [-0.25, -0.2) is 0 Å². The number of ether oxygens (including phenoxy) is 1. The van der Waals surface area contributed by atoms with Gasteiger partial charge in [-0.05, 0) is 49.2 Å². The molecule has 0 saturated carbocycles. The van der Waals surface area contributed by atoms with Gasteiger partial charge in [0.2, 0.25) is 0 Å². The van der Waals surface area contributed by atoms with Crippen LogP contribution in [0.3, 0.4) is 0 Å². The summed E-state index contributed by atoms with van der Waals surface area (Å²) in [5.41, 5.74) is 1.93. The Morgan fingerprint density at radius 2 is 1.67 bits per heavy atom. The van der Waals surface area contributed by atoms with Crippen molar-refractivity contribution in [2.75, 3.05) is 25.1 Å². The highest BCUT2D eigenvalue weighted by Gasteiger charge is 2.42. The molecule has 0 N–H and O–H groups in total. The van der Waals surface area contributed by atoms with Crippen molar-refractivity contribution >= 4 is 11.6 Å². The van der Waals surface area contributed by atoms with E-state index in [1.165, 1.54) is 5.69 Å². The number of pyridine rings is 1. The monoisotopic (exact) mass is 323 g/mol. The summed E-state index contributed by atoms with van der Waals surface area (Å²) < 4.78 is 5.23. The standard InChI is InChI=1S/C19H21N3O2/c1-24-18-6-4-15(5-7-18)21-12-16-2-3-17(13-21)22(16)19(23)14-8-10-20-11-9-14/h4-11,16-17H,2-3,12-13H2,1H3. The second-order valence-electron chi connectivity index (χ2n) is 6.44. The number of carbonyl (C=O) groups is 1. The zero-order valence-corrected chi connectivity index (χ0v) is 13.8. The molecule has 0 radical (unpaired) electrons. The second kappa shape index (κ2) is 6.15. The summed E-state index contributed by atoms with van der Waals surface area (Å²) in [6.45, 7) is 1.78. The van der Waals surface area contributed by atoms with Crippen molar-refractivity contribution in [3.05, 3.63) is 54.4 Å². The zero-order chi connectivity index (χ0) is 16.5. The SMILES string of the molecule is COc1ccc(N2CC3CCC(C2)N3C(=O)c2ccncc2)cc1. The fourth-order valence-corrected chi connectivity index (χ4v) is 3.88. The van der Waals surface area contributed by atoms with Crippen molar-refractivity contribution in [3.63, 3.8) is 0 Å². The van der Waals surface area contributed by atoms with E-state index in [9.17, 15) is 4.79 Å². The lowest BCUT2D eigenvalue weighted by Crippen LogP contribution is -2.56. The molecule has 2 aliphatic heterocycles. The third kappa shape index (κ3) is 2.60. The summed E-state index contributed by atoms with van der Waals surface area (Å²) in [6, 6.07) is 12.3. The van der Waals surface area contributed by atoms with Crippen LogP contribution in [0.5, 0.6) is 5.75 Å². The number of anilines is 1. The number of aromatic nitrogens is 1. The molecule has 1 amide bonds. The lowest BCUT2D eigenvalue weighted by molar-refractivity contribution is 0.0641. The Kier molecular flexibility index (Phi) is 3.84. The molecule has 2 saturated heterocycles. The molecular formula is C19H21N3O2. The summed E-state index contributed by atoms with van der Waals surface area (Å²) in [7, 11) is 1.68. The van der Waals surface area contributed by atoms with Crippen LogP contribution in [0.1, 0.15) is 23.2 Å². The Hall–Kier alpha value is -2.56. The highest BCUT2D eigenvalue weighted by molar-refractivity contribution is 5.95. The van der Waals surface area contributed by atoms with Crippen LogP contribution in [0.2, 0.25) is 0 Å². The van der Waals surface area contributed by atoms with Crippen LogP contribution < -0.4 is 9.64 Å². The summed E-state index contributed by atoms with van der Waals surface area (Å²) in [4.78, 5) is 21.3.